The van der Waals surface area contributed by atoms with E-state index < -0.39 is 41.7 Å². The number of aryl methyl sites for hydroxylation is 1. The number of aromatic nitrogens is 5. The van der Waals surface area contributed by atoms with E-state index in [4.69, 9.17) is 33.2 Å². The molecule has 4 amide bonds. The molecule has 0 bridgehead atoms. The molecule has 13 aromatic rings. The van der Waals surface area contributed by atoms with Crippen LogP contribution < -0.4 is 63.9 Å². The number of sulfonamides is 2. The minimum Gasteiger partial charge on any atom is -0.497 e. The Kier molecular flexibility index (Phi) is 26.1. The van der Waals surface area contributed by atoms with E-state index in [9.17, 15) is 41.1 Å². The van der Waals surface area contributed by atoms with Crippen LogP contribution in [-0.4, -0.2) is 112 Å². The van der Waals surface area contributed by atoms with Gasteiger partial charge >= 0.3 is 0 Å². The molecule has 4 fully saturated rings. The monoisotopic (exact) mass is 1810 g/mol. The number of benzene rings is 8. The number of methoxy groups -OCH3 is 1. The number of aliphatic hydroxyl groups excluding tert-OH is 1. The Hall–Kier alpha value is -14.2. The Balaban J connectivity index is 0.000000136. The molecular formula is C103H103N11O16S2. The van der Waals surface area contributed by atoms with E-state index in [-0.39, 0.29) is 69.8 Å². The predicted molar refractivity (Wildman–Crippen MR) is 505 cm³/mol. The van der Waals surface area contributed by atoms with Crippen LogP contribution in [-0.2, 0) is 73.9 Å². The minimum atomic E-state index is -3.67. The zero-order valence-electron chi connectivity index (χ0n) is 73.5. The van der Waals surface area contributed by atoms with Crippen molar-refractivity contribution in [3.8, 4) is 85.0 Å². The number of anilines is 4. The molecule has 678 valence electrons. The third-order valence-electron chi connectivity index (χ3n) is 25.5. The lowest BCUT2D eigenvalue weighted by molar-refractivity contribution is -0.123. The Bertz CT molecular complexity index is 6730. The first-order chi connectivity index (χ1) is 64.0. The number of amides is 4. The molecule has 8 aromatic carbocycles. The van der Waals surface area contributed by atoms with Crippen LogP contribution in [0.1, 0.15) is 124 Å². The number of hydrogen-bond acceptors (Lipinski definition) is 21. The number of fused-ring (bicyclic) bond motifs is 3. The predicted octanol–water partition coefficient (Wildman–Crippen LogP) is 17.8. The third kappa shape index (κ3) is 19.3. The van der Waals surface area contributed by atoms with Crippen molar-refractivity contribution in [3.05, 3.63) is 311 Å². The van der Waals surface area contributed by atoms with Crippen molar-refractivity contribution in [2.45, 2.75) is 136 Å². The number of carbonyl (C=O) groups is 4. The fraction of sp³-hybridized carbons (Fsp3) is 0.252. The van der Waals surface area contributed by atoms with Gasteiger partial charge < -0.3 is 59.5 Å². The van der Waals surface area contributed by atoms with Gasteiger partial charge in [0, 0.05) is 61.9 Å². The van der Waals surface area contributed by atoms with Gasteiger partial charge in [-0.25, -0.2) is 46.2 Å². The van der Waals surface area contributed by atoms with Gasteiger partial charge in [0.2, 0.25) is 64.1 Å². The lowest BCUT2D eigenvalue weighted by Crippen LogP contribution is -2.42. The molecule has 0 saturated heterocycles. The Morgan fingerprint density at radius 3 is 1.36 bits per heavy atom. The smallest absolute Gasteiger partial charge is 0.240 e. The van der Waals surface area contributed by atoms with E-state index in [1.54, 1.807) is 80.2 Å². The summed E-state index contributed by atoms with van der Waals surface area (Å²) in [7, 11) is -4.13. The van der Waals surface area contributed by atoms with E-state index in [1.165, 1.54) is 7.05 Å². The standard InChI is InChI=1S/C29H26N4O5S.C25H27N3O3S.C25H24N2O4.C24H22N2O4.2H2/c34-28(29(14-15-29)21-9-12-25-26(18-21)38-19-37-25)33-27-6-3-5-24(32-27)20-7-10-23(11-8-20)39(35,36)31-17-13-22-4-1-2-16-30-22;1-26-32(30,31)21-15-13-19(14-16-21)22-11-8-12-23(27-22)28-24(29)25(17-6-3-7-18-25)20-9-4-2-5-10-20;1-15-16(2)23(26-12-20(15)19-6-4-3-5-17(19)13-28)27-24(29)25(9-10-25)18-7-8-21-22(11-18)31-14-30-21;1-15-19(16-3-6-18(28-2)7-4-16)8-10-22(25-15)26-23(27)24(11-12-24)17-5-9-20-21(13-17)30-14-29-20;;/h1-12,16,18,31H,13-15,17,19H2,(H,32,33,34);2,4-5,8-16,26H,3,6-7,17-18H2,1H3,(H,27,28,29);3-8,11-12,28H,9-10,13-14H2,1-2H3,(H,26,27,29);3-10,13H,11-12,14H2,1-2H3,(H,25,26,27);2*1H. The molecule has 0 spiro atoms. The molecule has 0 atom stereocenters. The Labute approximate surface area is 768 Å². The quantitative estimate of drug-likeness (QED) is 0.0279. The SMILES string of the molecule is CNS(=O)(=O)c1ccc(-c2cccc(NC(=O)C3(c4ccccc4)CCCCC3)n2)cc1.COc1ccc(-c2ccc(NC(=O)C3(c4ccc5c(c4)OCO5)CC3)nc2C)cc1.Cc1c(-c2ccccc2CO)cnc(NC(=O)C2(c3ccc4c(c3)OCO4)CC2)c1C.O=C(Nc1cccc(-c2ccc(S(=O)(=O)NCCc3ccccn3)cc2)n1)C1(c2ccc3c(c2)OCO3)CC1.[HH].[HH]. The first kappa shape index (κ1) is 89.7. The average Bonchev–Trinajstić information content (AvgIpc) is 1.59. The molecule has 0 unspecified atom stereocenters. The summed E-state index contributed by atoms with van der Waals surface area (Å²) in [5.41, 5.74) is 12.8. The first-order valence-electron chi connectivity index (χ1n) is 43.8. The van der Waals surface area contributed by atoms with Gasteiger partial charge in [-0.2, -0.15) is 0 Å². The summed E-state index contributed by atoms with van der Waals surface area (Å²) < 4.78 is 92.1. The van der Waals surface area contributed by atoms with Crippen LogP contribution in [0.15, 0.2) is 271 Å². The third-order valence-corrected chi connectivity index (χ3v) is 28.4. The van der Waals surface area contributed by atoms with Gasteiger partial charge in [-0.3, -0.25) is 24.2 Å². The van der Waals surface area contributed by atoms with Crippen LogP contribution in [0.4, 0.5) is 23.3 Å². The second-order valence-corrected chi connectivity index (χ2v) is 37.1. The number of hydrogen-bond donors (Lipinski definition) is 7. The van der Waals surface area contributed by atoms with E-state index in [2.05, 4.69) is 55.6 Å². The second-order valence-electron chi connectivity index (χ2n) is 33.5. The number of ether oxygens (including phenoxy) is 7. The highest BCUT2D eigenvalue weighted by Gasteiger charge is 2.54. The molecule has 132 heavy (non-hydrogen) atoms. The Morgan fingerprint density at radius 2 is 0.879 bits per heavy atom. The second kappa shape index (κ2) is 38.4. The summed E-state index contributed by atoms with van der Waals surface area (Å²) >= 11 is 0. The number of nitrogens with one attached hydrogen (secondary N) is 6. The largest absolute Gasteiger partial charge is 0.497 e. The van der Waals surface area contributed by atoms with Gasteiger partial charge in [0.05, 0.1) is 56.6 Å². The topological polar surface area (TPSA) is 358 Å². The maximum Gasteiger partial charge on any atom is 0.240 e. The van der Waals surface area contributed by atoms with Gasteiger partial charge in [-0.1, -0.05) is 147 Å². The normalized spacial score (nSPS) is 15.5. The van der Waals surface area contributed by atoms with Crippen molar-refractivity contribution in [2.75, 3.05) is 62.3 Å². The van der Waals surface area contributed by atoms with Crippen LogP contribution in [0, 0.1) is 20.8 Å². The zero-order chi connectivity index (χ0) is 91.8. The molecule has 8 heterocycles. The van der Waals surface area contributed by atoms with E-state index >= 15 is 0 Å². The maximum absolute atomic E-state index is 13.5. The number of nitrogens with zero attached hydrogens (tertiary/aromatic N) is 5. The lowest BCUT2D eigenvalue weighted by Gasteiger charge is -2.36. The van der Waals surface area contributed by atoms with Crippen LogP contribution in [0.3, 0.4) is 0 Å². The summed E-state index contributed by atoms with van der Waals surface area (Å²) in [6.07, 6.45) is 13.5. The molecule has 7 N–H and O–H groups in total. The number of carbonyl (C=O) groups excluding carboxylic acids is 4. The fourth-order valence-corrected chi connectivity index (χ4v) is 18.9. The van der Waals surface area contributed by atoms with Gasteiger partial charge in [0.15, 0.2) is 34.5 Å². The molecule has 27 nitrogen and oxygen atoms in total. The number of pyridine rings is 5. The highest BCUT2D eigenvalue weighted by atomic mass is 32.2. The van der Waals surface area contributed by atoms with Crippen molar-refractivity contribution in [3.63, 3.8) is 0 Å². The van der Waals surface area contributed by atoms with Crippen molar-refractivity contribution < 1.29 is 77.1 Å². The molecule has 0 radical (unpaired) electrons. The maximum atomic E-state index is 13.5. The van der Waals surface area contributed by atoms with Crippen molar-refractivity contribution in [1.82, 2.24) is 34.4 Å². The van der Waals surface area contributed by atoms with E-state index in [1.807, 2.05) is 209 Å². The van der Waals surface area contributed by atoms with Gasteiger partial charge in [0.1, 0.15) is 29.0 Å². The highest BCUT2D eigenvalue weighted by Crippen LogP contribution is 2.54. The van der Waals surface area contributed by atoms with Crippen molar-refractivity contribution in [1.29, 1.82) is 0 Å². The molecule has 7 aliphatic rings. The van der Waals surface area contributed by atoms with Crippen LogP contribution in [0.2, 0.25) is 0 Å². The molecule has 5 aromatic heterocycles. The molecule has 4 saturated carbocycles. The number of rotatable bonds is 25. The van der Waals surface area contributed by atoms with E-state index in [0.717, 1.165) is 166 Å². The van der Waals surface area contributed by atoms with E-state index in [0.29, 0.717) is 69.8 Å². The van der Waals surface area contributed by atoms with Crippen LogP contribution >= 0.6 is 0 Å². The molecule has 20 rings (SSSR count). The van der Waals surface area contributed by atoms with Crippen molar-refractivity contribution >= 4 is 66.9 Å². The molecule has 4 aliphatic carbocycles. The van der Waals surface area contributed by atoms with Gasteiger partial charge in [0.25, 0.3) is 0 Å². The summed E-state index contributed by atoms with van der Waals surface area (Å²) in [6.45, 7) is 6.76. The van der Waals surface area contributed by atoms with Crippen LogP contribution in [0.25, 0.3) is 44.8 Å². The molecular weight excluding hydrogens is 1710 g/mol. The summed E-state index contributed by atoms with van der Waals surface area (Å²) in [6, 6.07) is 75.9. The zero-order valence-corrected chi connectivity index (χ0v) is 75.1. The summed E-state index contributed by atoms with van der Waals surface area (Å²) in [5.74, 6) is 6.78. The van der Waals surface area contributed by atoms with Gasteiger partial charge in [-0.15, -0.1) is 0 Å². The highest BCUT2D eigenvalue weighted by molar-refractivity contribution is 7.89. The molecule has 29 heteroatoms. The fourth-order valence-electron chi connectivity index (χ4n) is 17.1. The van der Waals surface area contributed by atoms with Gasteiger partial charge in [-0.05, 0) is 251 Å². The number of aliphatic hydroxyl groups is 1. The molecule has 3 aliphatic heterocycles. The van der Waals surface area contributed by atoms with Crippen molar-refractivity contribution in [2.24, 2.45) is 0 Å². The van der Waals surface area contributed by atoms with Crippen LogP contribution in [0.5, 0.6) is 40.2 Å². The average molecular weight is 1820 g/mol. The summed E-state index contributed by atoms with van der Waals surface area (Å²) in [5, 5.41) is 21.8. The first-order valence-corrected chi connectivity index (χ1v) is 46.7. The Morgan fingerprint density at radius 1 is 0.417 bits per heavy atom. The lowest BCUT2D eigenvalue weighted by atomic mass is 9.68. The summed E-state index contributed by atoms with van der Waals surface area (Å²) in [4.78, 5) is 76.1. The minimum absolute atomic E-state index is 0.